The van der Waals surface area contributed by atoms with Crippen LogP contribution in [0.3, 0.4) is 0 Å². The predicted octanol–water partition coefficient (Wildman–Crippen LogP) is 4.25. The molecule has 106 valence electrons. The topological polar surface area (TPSA) is 34.1 Å². The van der Waals surface area contributed by atoms with E-state index in [9.17, 15) is 0 Å². The van der Waals surface area contributed by atoms with E-state index < -0.39 is 0 Å². The van der Waals surface area contributed by atoms with E-state index in [-0.39, 0.29) is 0 Å². The summed E-state index contributed by atoms with van der Waals surface area (Å²) in [7, 11) is 0. The van der Waals surface area contributed by atoms with Crippen molar-refractivity contribution in [2.45, 2.75) is 13.5 Å². The molecule has 3 nitrogen and oxygen atoms in total. The monoisotopic (exact) mass is 278 g/mol. The molecule has 0 amide bonds. The molecular weight excluding hydrogens is 260 g/mol. The second-order valence-electron chi connectivity index (χ2n) is 4.80. The van der Waals surface area contributed by atoms with Crippen molar-refractivity contribution < 1.29 is 4.74 Å². The summed E-state index contributed by atoms with van der Waals surface area (Å²) in [6.07, 6.45) is 1.86. The van der Waals surface area contributed by atoms with E-state index in [0.29, 0.717) is 6.61 Å². The van der Waals surface area contributed by atoms with Crippen molar-refractivity contribution in [1.82, 2.24) is 4.98 Å². The Balaban J connectivity index is 1.79. The number of nitrogens with zero attached hydrogens (tertiary/aromatic N) is 1. The van der Waals surface area contributed by atoms with Crippen LogP contribution in [-0.2, 0) is 6.54 Å². The predicted molar refractivity (Wildman–Crippen MR) is 86.7 cm³/mol. The largest absolute Gasteiger partial charge is 0.494 e. The lowest BCUT2D eigenvalue weighted by Gasteiger charge is -2.10. The van der Waals surface area contributed by atoms with E-state index in [1.165, 1.54) is 10.9 Å². The molecule has 1 N–H and O–H groups in total. The Hall–Kier alpha value is -2.55. The molecule has 0 aliphatic carbocycles. The van der Waals surface area contributed by atoms with Crippen molar-refractivity contribution in [3.05, 3.63) is 66.4 Å². The number of anilines is 1. The fraction of sp³-hybridized carbons (Fsp3) is 0.167. The molecule has 0 saturated heterocycles. The van der Waals surface area contributed by atoms with Gasteiger partial charge in [0.05, 0.1) is 12.1 Å². The van der Waals surface area contributed by atoms with E-state index >= 15 is 0 Å². The number of rotatable bonds is 5. The van der Waals surface area contributed by atoms with Crippen molar-refractivity contribution in [3.8, 4) is 5.75 Å². The third-order valence-corrected chi connectivity index (χ3v) is 3.37. The van der Waals surface area contributed by atoms with Crippen LogP contribution in [0.1, 0.15) is 12.5 Å². The fourth-order valence-corrected chi connectivity index (χ4v) is 2.37. The van der Waals surface area contributed by atoms with Gasteiger partial charge in [0, 0.05) is 29.9 Å². The van der Waals surface area contributed by atoms with E-state index in [1.807, 2.05) is 55.6 Å². The molecular formula is C18H18N2O. The van der Waals surface area contributed by atoms with E-state index in [4.69, 9.17) is 4.74 Å². The maximum atomic E-state index is 5.52. The van der Waals surface area contributed by atoms with E-state index in [1.54, 1.807) is 0 Å². The van der Waals surface area contributed by atoms with Crippen LogP contribution in [0.5, 0.6) is 5.75 Å². The highest BCUT2D eigenvalue weighted by Crippen LogP contribution is 2.20. The summed E-state index contributed by atoms with van der Waals surface area (Å²) in [6, 6.07) is 18.3. The second kappa shape index (κ2) is 6.27. The van der Waals surface area contributed by atoms with Crippen LogP contribution in [0.25, 0.3) is 10.9 Å². The van der Waals surface area contributed by atoms with Crippen molar-refractivity contribution in [2.75, 3.05) is 11.9 Å². The maximum Gasteiger partial charge on any atom is 0.121 e. The molecule has 21 heavy (non-hydrogen) atoms. The van der Waals surface area contributed by atoms with Crippen LogP contribution in [-0.4, -0.2) is 11.6 Å². The molecule has 0 radical (unpaired) electrons. The van der Waals surface area contributed by atoms with Gasteiger partial charge in [-0.05, 0) is 36.8 Å². The van der Waals surface area contributed by atoms with Crippen LogP contribution in [0.4, 0.5) is 5.69 Å². The molecule has 0 saturated carbocycles. The lowest BCUT2D eigenvalue weighted by molar-refractivity contribution is 0.340. The highest BCUT2D eigenvalue weighted by atomic mass is 16.5. The van der Waals surface area contributed by atoms with Gasteiger partial charge in [-0.15, -0.1) is 0 Å². The molecule has 0 unspecified atom stereocenters. The van der Waals surface area contributed by atoms with Crippen molar-refractivity contribution >= 4 is 16.6 Å². The minimum atomic E-state index is 0.679. The van der Waals surface area contributed by atoms with Gasteiger partial charge in [-0.2, -0.15) is 0 Å². The van der Waals surface area contributed by atoms with Gasteiger partial charge >= 0.3 is 0 Å². The maximum absolute atomic E-state index is 5.52. The molecule has 3 heteroatoms. The minimum absolute atomic E-state index is 0.679. The Labute approximate surface area is 124 Å². The first-order chi connectivity index (χ1) is 10.4. The first-order valence-electron chi connectivity index (χ1n) is 7.16. The molecule has 1 heterocycles. The van der Waals surface area contributed by atoms with E-state index in [2.05, 4.69) is 22.4 Å². The summed E-state index contributed by atoms with van der Waals surface area (Å²) < 4.78 is 5.52. The summed E-state index contributed by atoms with van der Waals surface area (Å²) in [5, 5.41) is 4.63. The number of para-hydroxylation sites is 1. The van der Waals surface area contributed by atoms with Crippen molar-refractivity contribution in [1.29, 1.82) is 0 Å². The molecule has 1 aromatic heterocycles. The summed E-state index contributed by atoms with van der Waals surface area (Å²) in [6.45, 7) is 3.43. The zero-order chi connectivity index (χ0) is 14.5. The van der Waals surface area contributed by atoms with Gasteiger partial charge < -0.3 is 10.1 Å². The average molecular weight is 278 g/mol. The average Bonchev–Trinajstić information content (AvgIpc) is 2.53. The fourth-order valence-electron chi connectivity index (χ4n) is 2.37. The third kappa shape index (κ3) is 3.14. The number of fused-ring (bicyclic) bond motifs is 1. The first-order valence-corrected chi connectivity index (χ1v) is 7.16. The number of hydrogen-bond donors (Lipinski definition) is 1. The minimum Gasteiger partial charge on any atom is -0.494 e. The van der Waals surface area contributed by atoms with Gasteiger partial charge in [0.2, 0.25) is 0 Å². The summed E-state index contributed by atoms with van der Waals surface area (Å²) in [5.74, 6) is 0.891. The molecule has 3 rings (SSSR count). The molecule has 0 aliphatic heterocycles. The Morgan fingerprint density at radius 3 is 2.86 bits per heavy atom. The lowest BCUT2D eigenvalue weighted by Crippen LogP contribution is -2.01. The highest BCUT2D eigenvalue weighted by molar-refractivity contribution is 5.82. The molecule has 0 atom stereocenters. The summed E-state index contributed by atoms with van der Waals surface area (Å²) in [5.41, 5.74) is 3.32. The molecule has 0 spiro atoms. The van der Waals surface area contributed by atoms with Crippen LogP contribution >= 0.6 is 0 Å². The van der Waals surface area contributed by atoms with Gasteiger partial charge in [-0.25, -0.2) is 0 Å². The van der Waals surface area contributed by atoms with E-state index in [0.717, 1.165) is 23.5 Å². The number of pyridine rings is 1. The van der Waals surface area contributed by atoms with Gasteiger partial charge in [-0.3, -0.25) is 4.98 Å². The molecule has 2 aromatic carbocycles. The van der Waals surface area contributed by atoms with Crippen LogP contribution in [0.2, 0.25) is 0 Å². The molecule has 0 aliphatic rings. The quantitative estimate of drug-likeness (QED) is 0.757. The third-order valence-electron chi connectivity index (χ3n) is 3.37. The highest BCUT2D eigenvalue weighted by Gasteiger charge is 2.02. The van der Waals surface area contributed by atoms with Crippen LogP contribution < -0.4 is 10.1 Å². The summed E-state index contributed by atoms with van der Waals surface area (Å²) in [4.78, 5) is 4.39. The molecule has 0 fully saturated rings. The number of nitrogens with one attached hydrogen (secondary N) is 1. The number of benzene rings is 2. The summed E-state index contributed by atoms with van der Waals surface area (Å²) >= 11 is 0. The zero-order valence-corrected chi connectivity index (χ0v) is 12.0. The number of aromatic nitrogens is 1. The zero-order valence-electron chi connectivity index (χ0n) is 12.0. The first kappa shape index (κ1) is 13.4. The molecule has 3 aromatic rings. The smallest absolute Gasteiger partial charge is 0.121 e. The Morgan fingerprint density at radius 1 is 1.05 bits per heavy atom. The second-order valence-corrected chi connectivity index (χ2v) is 4.80. The molecule has 0 bridgehead atoms. The Bertz CT molecular complexity index is 735. The normalized spacial score (nSPS) is 10.5. The Kier molecular flexibility index (Phi) is 4.01. The number of ether oxygens (including phenoxy) is 1. The van der Waals surface area contributed by atoms with Crippen molar-refractivity contribution in [2.24, 2.45) is 0 Å². The van der Waals surface area contributed by atoms with Gasteiger partial charge in [0.1, 0.15) is 5.75 Å². The lowest BCUT2D eigenvalue weighted by atomic mass is 10.1. The SMILES string of the molecule is CCOc1cccc(NCc2ccnc3ccccc23)c1. The van der Waals surface area contributed by atoms with Crippen LogP contribution in [0.15, 0.2) is 60.8 Å². The van der Waals surface area contributed by atoms with Gasteiger partial charge in [0.15, 0.2) is 0 Å². The standard InChI is InChI=1S/C18H18N2O/c1-2-21-16-7-5-6-15(12-16)20-13-14-10-11-19-18-9-4-3-8-17(14)18/h3-12,20H,2,13H2,1H3. The van der Waals surface area contributed by atoms with Gasteiger partial charge in [-0.1, -0.05) is 24.3 Å². The van der Waals surface area contributed by atoms with Crippen LogP contribution in [0, 0.1) is 0 Å². The Morgan fingerprint density at radius 2 is 1.95 bits per heavy atom. The van der Waals surface area contributed by atoms with Crippen molar-refractivity contribution in [3.63, 3.8) is 0 Å². The van der Waals surface area contributed by atoms with Gasteiger partial charge in [0.25, 0.3) is 0 Å². The number of hydrogen-bond acceptors (Lipinski definition) is 3.